The standard InChI is InChI=1S/C35H36N4O3/c40-34(37-32-9-5-2-6-10-32)26-42-33-17-13-29(14-18-33)24-36-38-35(41)31-15-11-30(12-16-31)25-39-21-19-28(20-22-39)23-27-7-3-1-4-8-27/h1-18,24,28H,19-23,25-26H2,(H,37,40)(H,38,41)/b36-24+. The van der Waals surface area contributed by atoms with Gasteiger partial charge in [0.1, 0.15) is 5.75 Å². The van der Waals surface area contributed by atoms with Crippen molar-refractivity contribution >= 4 is 23.7 Å². The summed E-state index contributed by atoms with van der Waals surface area (Å²) >= 11 is 0. The lowest BCUT2D eigenvalue weighted by Gasteiger charge is -2.32. The van der Waals surface area contributed by atoms with E-state index in [1.54, 1.807) is 30.5 Å². The highest BCUT2D eigenvalue weighted by atomic mass is 16.5. The second kappa shape index (κ2) is 14.8. The molecular formula is C35H36N4O3. The summed E-state index contributed by atoms with van der Waals surface area (Å²) in [6, 6.07) is 34.9. The van der Waals surface area contributed by atoms with Gasteiger partial charge in [0.15, 0.2) is 6.61 Å². The summed E-state index contributed by atoms with van der Waals surface area (Å²) < 4.78 is 5.55. The molecule has 0 radical (unpaired) electrons. The first-order valence-corrected chi connectivity index (χ1v) is 14.4. The highest BCUT2D eigenvalue weighted by molar-refractivity contribution is 5.95. The molecule has 7 nitrogen and oxygen atoms in total. The smallest absolute Gasteiger partial charge is 0.271 e. The van der Waals surface area contributed by atoms with Gasteiger partial charge in [-0.15, -0.1) is 0 Å². The number of carbonyl (C=O) groups excluding carboxylic acids is 2. The van der Waals surface area contributed by atoms with E-state index in [2.05, 4.69) is 51.1 Å². The number of likely N-dealkylation sites (tertiary alicyclic amines) is 1. The molecule has 2 N–H and O–H groups in total. The van der Waals surface area contributed by atoms with E-state index in [9.17, 15) is 9.59 Å². The second-order valence-electron chi connectivity index (χ2n) is 10.6. The number of hydrogen-bond acceptors (Lipinski definition) is 5. The van der Waals surface area contributed by atoms with Crippen molar-refractivity contribution in [1.82, 2.24) is 10.3 Å². The van der Waals surface area contributed by atoms with Crippen molar-refractivity contribution in [2.75, 3.05) is 25.0 Å². The molecule has 2 amide bonds. The zero-order valence-corrected chi connectivity index (χ0v) is 23.6. The Hall–Kier alpha value is -4.75. The van der Waals surface area contributed by atoms with Gasteiger partial charge in [0.25, 0.3) is 11.8 Å². The predicted molar refractivity (Wildman–Crippen MR) is 167 cm³/mol. The topological polar surface area (TPSA) is 83.0 Å². The quantitative estimate of drug-likeness (QED) is 0.176. The highest BCUT2D eigenvalue weighted by Crippen LogP contribution is 2.23. The fourth-order valence-corrected chi connectivity index (χ4v) is 5.06. The van der Waals surface area contributed by atoms with Crippen LogP contribution in [0, 0.1) is 5.92 Å². The average molecular weight is 561 g/mol. The molecule has 5 rings (SSSR count). The Labute approximate surface area is 247 Å². The molecule has 4 aromatic carbocycles. The molecule has 1 heterocycles. The van der Waals surface area contributed by atoms with E-state index in [1.807, 2.05) is 54.6 Å². The molecule has 0 atom stereocenters. The molecule has 1 saturated heterocycles. The predicted octanol–water partition coefficient (Wildman–Crippen LogP) is 5.92. The van der Waals surface area contributed by atoms with Crippen molar-refractivity contribution in [2.24, 2.45) is 11.0 Å². The van der Waals surface area contributed by atoms with Crippen LogP contribution in [0.2, 0.25) is 0 Å². The Bertz CT molecular complexity index is 1450. The van der Waals surface area contributed by atoms with E-state index in [-0.39, 0.29) is 18.4 Å². The van der Waals surface area contributed by atoms with E-state index in [4.69, 9.17) is 4.74 Å². The van der Waals surface area contributed by atoms with Gasteiger partial charge in [-0.3, -0.25) is 14.5 Å². The van der Waals surface area contributed by atoms with Gasteiger partial charge in [0, 0.05) is 17.8 Å². The summed E-state index contributed by atoms with van der Waals surface area (Å²) in [5.74, 6) is 0.821. The van der Waals surface area contributed by atoms with E-state index in [1.165, 1.54) is 24.0 Å². The third-order valence-electron chi connectivity index (χ3n) is 7.38. The van der Waals surface area contributed by atoms with Crippen LogP contribution in [0.5, 0.6) is 5.75 Å². The van der Waals surface area contributed by atoms with Crippen LogP contribution in [0.4, 0.5) is 5.69 Å². The molecule has 0 saturated carbocycles. The minimum atomic E-state index is -0.260. The number of amides is 2. The molecular weight excluding hydrogens is 524 g/mol. The molecule has 1 fully saturated rings. The average Bonchev–Trinajstić information content (AvgIpc) is 3.03. The van der Waals surface area contributed by atoms with Gasteiger partial charge >= 0.3 is 0 Å². The fraction of sp³-hybridized carbons (Fsp3) is 0.229. The van der Waals surface area contributed by atoms with E-state index >= 15 is 0 Å². The summed E-state index contributed by atoms with van der Waals surface area (Å²) in [6.45, 7) is 3.01. The molecule has 0 aliphatic carbocycles. The largest absolute Gasteiger partial charge is 0.484 e. The molecule has 7 heteroatoms. The molecule has 0 unspecified atom stereocenters. The molecule has 0 aromatic heterocycles. The van der Waals surface area contributed by atoms with Crippen LogP contribution in [-0.4, -0.2) is 42.6 Å². The van der Waals surface area contributed by atoms with Gasteiger partial charge in [-0.2, -0.15) is 5.10 Å². The maximum atomic E-state index is 12.6. The van der Waals surface area contributed by atoms with Crippen LogP contribution in [0.15, 0.2) is 114 Å². The lowest BCUT2D eigenvalue weighted by atomic mass is 9.90. The van der Waals surface area contributed by atoms with E-state index < -0.39 is 0 Å². The molecule has 0 spiro atoms. The van der Waals surface area contributed by atoms with Crippen LogP contribution in [-0.2, 0) is 17.8 Å². The van der Waals surface area contributed by atoms with Gasteiger partial charge in [-0.05, 0) is 103 Å². The van der Waals surface area contributed by atoms with Crippen molar-refractivity contribution in [3.63, 3.8) is 0 Å². The number of anilines is 1. The van der Waals surface area contributed by atoms with Crippen LogP contribution in [0.3, 0.4) is 0 Å². The van der Waals surface area contributed by atoms with Crippen LogP contribution < -0.4 is 15.5 Å². The summed E-state index contributed by atoms with van der Waals surface area (Å²) in [7, 11) is 0. The first-order chi connectivity index (χ1) is 20.6. The minimum absolute atomic E-state index is 0.0928. The molecule has 1 aliphatic heterocycles. The van der Waals surface area contributed by atoms with Gasteiger partial charge in [-0.1, -0.05) is 60.7 Å². The molecule has 0 bridgehead atoms. The zero-order chi connectivity index (χ0) is 29.0. The Morgan fingerprint density at radius 3 is 2.17 bits per heavy atom. The number of para-hydroxylation sites is 1. The molecule has 1 aliphatic rings. The maximum Gasteiger partial charge on any atom is 0.271 e. The second-order valence-corrected chi connectivity index (χ2v) is 10.6. The number of hydrazone groups is 1. The Balaban J connectivity index is 1.01. The minimum Gasteiger partial charge on any atom is -0.484 e. The summed E-state index contributed by atoms with van der Waals surface area (Å²) in [4.78, 5) is 27.1. The molecule has 42 heavy (non-hydrogen) atoms. The number of benzene rings is 4. The van der Waals surface area contributed by atoms with Crippen LogP contribution in [0.1, 0.15) is 39.9 Å². The number of hydrogen-bond donors (Lipinski definition) is 2. The zero-order valence-electron chi connectivity index (χ0n) is 23.6. The number of nitrogens with zero attached hydrogens (tertiary/aromatic N) is 2. The van der Waals surface area contributed by atoms with Gasteiger partial charge in [0.05, 0.1) is 6.21 Å². The van der Waals surface area contributed by atoms with Crippen LogP contribution >= 0.6 is 0 Å². The first-order valence-electron chi connectivity index (χ1n) is 14.4. The van der Waals surface area contributed by atoms with Crippen molar-refractivity contribution in [1.29, 1.82) is 0 Å². The van der Waals surface area contributed by atoms with E-state index in [0.29, 0.717) is 11.3 Å². The number of nitrogens with one attached hydrogen (secondary N) is 2. The monoisotopic (exact) mass is 560 g/mol. The number of ether oxygens (including phenoxy) is 1. The maximum absolute atomic E-state index is 12.6. The van der Waals surface area contributed by atoms with Gasteiger partial charge < -0.3 is 10.1 Å². The van der Waals surface area contributed by atoms with Crippen molar-refractivity contribution in [3.8, 4) is 5.75 Å². The molecule has 214 valence electrons. The van der Waals surface area contributed by atoms with E-state index in [0.717, 1.165) is 43.2 Å². The normalized spacial score (nSPS) is 14.0. The third-order valence-corrected chi connectivity index (χ3v) is 7.38. The molecule has 4 aromatic rings. The van der Waals surface area contributed by atoms with Crippen molar-refractivity contribution in [3.05, 3.63) is 131 Å². The SMILES string of the molecule is O=C(COc1ccc(/C=N/NC(=O)c2ccc(CN3CCC(Cc4ccccc4)CC3)cc2)cc1)Nc1ccccc1. The number of carbonyl (C=O) groups is 2. The number of rotatable bonds is 11. The van der Waals surface area contributed by atoms with Gasteiger partial charge in [0.2, 0.25) is 0 Å². The summed E-state index contributed by atoms with van der Waals surface area (Å²) in [5.41, 5.74) is 7.30. The third kappa shape index (κ3) is 8.88. The van der Waals surface area contributed by atoms with Crippen LogP contribution in [0.25, 0.3) is 0 Å². The lowest BCUT2D eigenvalue weighted by molar-refractivity contribution is -0.118. The summed E-state index contributed by atoms with van der Waals surface area (Å²) in [5, 5.41) is 6.86. The highest BCUT2D eigenvalue weighted by Gasteiger charge is 2.19. The van der Waals surface area contributed by atoms with Gasteiger partial charge in [-0.25, -0.2) is 5.43 Å². The lowest BCUT2D eigenvalue weighted by Crippen LogP contribution is -2.33. The number of piperidine rings is 1. The fourth-order valence-electron chi connectivity index (χ4n) is 5.06. The summed E-state index contributed by atoms with van der Waals surface area (Å²) in [6.07, 6.45) is 5.17. The Kier molecular flexibility index (Phi) is 10.1. The Morgan fingerprint density at radius 2 is 1.48 bits per heavy atom. The van der Waals surface area contributed by atoms with Crippen molar-refractivity contribution in [2.45, 2.75) is 25.8 Å². The Morgan fingerprint density at radius 1 is 0.810 bits per heavy atom. The van der Waals surface area contributed by atoms with Crippen molar-refractivity contribution < 1.29 is 14.3 Å². The first kappa shape index (κ1) is 28.8.